The van der Waals surface area contributed by atoms with Crippen LogP contribution in [0.2, 0.25) is 0 Å². The van der Waals surface area contributed by atoms with Crippen LogP contribution in [-0.2, 0) is 12.0 Å². The minimum Gasteiger partial charge on any atom is -0.351 e. The van der Waals surface area contributed by atoms with Crippen LogP contribution in [0.4, 0.5) is 5.13 Å². The summed E-state index contributed by atoms with van der Waals surface area (Å²) in [5, 5.41) is 4.40. The van der Waals surface area contributed by atoms with Gasteiger partial charge in [-0.05, 0) is 19.4 Å². The Hall–Kier alpha value is -0.610. The van der Waals surface area contributed by atoms with Crippen LogP contribution in [0.25, 0.3) is 0 Å². The molecule has 4 heteroatoms. The highest BCUT2D eigenvalue weighted by molar-refractivity contribution is 7.15. The molecule has 0 fully saturated rings. The fourth-order valence-electron chi connectivity index (χ4n) is 1.92. The zero-order chi connectivity index (χ0) is 14.6. The number of nitrogens with zero attached hydrogens (tertiary/aromatic N) is 2. The summed E-state index contributed by atoms with van der Waals surface area (Å²) in [4.78, 5) is 8.54. The third-order valence-electron chi connectivity index (χ3n) is 3.10. The van der Waals surface area contributed by atoms with Gasteiger partial charge in [-0.2, -0.15) is 0 Å². The summed E-state index contributed by atoms with van der Waals surface area (Å²) in [6, 6.07) is 0. The van der Waals surface area contributed by atoms with E-state index in [1.54, 1.807) is 0 Å². The lowest BCUT2D eigenvalue weighted by Gasteiger charge is -2.18. The largest absolute Gasteiger partial charge is 0.351 e. The molecule has 0 amide bonds. The Morgan fingerprint density at radius 3 is 2.42 bits per heavy atom. The van der Waals surface area contributed by atoms with E-state index >= 15 is 0 Å². The van der Waals surface area contributed by atoms with Gasteiger partial charge in [0.05, 0.1) is 5.69 Å². The lowest BCUT2D eigenvalue weighted by Crippen LogP contribution is -2.20. The standard InChI is InChI=1S/C15H29N3S/c1-11(2)8-9-18(7)14-17-13(15(3,4)5)12(19-14)10-16-6/h11,16H,8-10H2,1-7H3. The Morgan fingerprint density at radius 1 is 1.32 bits per heavy atom. The van der Waals surface area contributed by atoms with Crippen LogP contribution in [0.3, 0.4) is 0 Å². The van der Waals surface area contributed by atoms with Crippen molar-refractivity contribution in [1.82, 2.24) is 10.3 Å². The van der Waals surface area contributed by atoms with Crippen molar-refractivity contribution in [2.45, 2.75) is 53.0 Å². The molecular weight excluding hydrogens is 254 g/mol. The number of hydrogen-bond donors (Lipinski definition) is 1. The number of nitrogens with one attached hydrogen (secondary N) is 1. The highest BCUT2D eigenvalue weighted by Gasteiger charge is 2.23. The highest BCUT2D eigenvalue weighted by Crippen LogP contribution is 2.33. The van der Waals surface area contributed by atoms with Crippen LogP contribution < -0.4 is 10.2 Å². The molecule has 19 heavy (non-hydrogen) atoms. The fraction of sp³-hybridized carbons (Fsp3) is 0.800. The Labute approximate surface area is 122 Å². The van der Waals surface area contributed by atoms with Crippen LogP contribution in [0, 0.1) is 5.92 Å². The maximum Gasteiger partial charge on any atom is 0.185 e. The van der Waals surface area contributed by atoms with E-state index in [0.29, 0.717) is 0 Å². The van der Waals surface area contributed by atoms with E-state index in [0.717, 1.165) is 24.1 Å². The molecule has 0 bridgehead atoms. The number of anilines is 1. The SMILES string of the molecule is CNCc1sc(N(C)CCC(C)C)nc1C(C)(C)C. The van der Waals surface area contributed by atoms with E-state index in [-0.39, 0.29) is 5.41 Å². The van der Waals surface area contributed by atoms with Gasteiger partial charge in [0.2, 0.25) is 0 Å². The van der Waals surface area contributed by atoms with Crippen molar-refractivity contribution < 1.29 is 0 Å². The van der Waals surface area contributed by atoms with Crippen molar-refractivity contribution in [3.05, 3.63) is 10.6 Å². The summed E-state index contributed by atoms with van der Waals surface area (Å²) in [6.45, 7) is 13.2. The second-order valence-electron chi connectivity index (χ2n) is 6.65. The fourth-order valence-corrected chi connectivity index (χ4v) is 3.19. The average molecular weight is 283 g/mol. The highest BCUT2D eigenvalue weighted by atomic mass is 32.1. The average Bonchev–Trinajstić information content (AvgIpc) is 2.70. The Bertz CT molecular complexity index is 391. The van der Waals surface area contributed by atoms with Gasteiger partial charge in [0.15, 0.2) is 5.13 Å². The van der Waals surface area contributed by atoms with Gasteiger partial charge in [-0.25, -0.2) is 4.98 Å². The van der Waals surface area contributed by atoms with Gasteiger partial charge in [-0.1, -0.05) is 34.6 Å². The van der Waals surface area contributed by atoms with Crippen molar-refractivity contribution in [2.75, 3.05) is 25.5 Å². The molecule has 0 unspecified atom stereocenters. The zero-order valence-corrected chi connectivity index (χ0v) is 14.3. The summed E-state index contributed by atoms with van der Waals surface area (Å²) in [5.74, 6) is 0.737. The van der Waals surface area contributed by atoms with E-state index in [9.17, 15) is 0 Å². The number of hydrogen-bond acceptors (Lipinski definition) is 4. The molecule has 1 N–H and O–H groups in total. The van der Waals surface area contributed by atoms with Crippen LogP contribution in [-0.4, -0.2) is 25.6 Å². The normalized spacial score (nSPS) is 12.2. The predicted octanol–water partition coefficient (Wildman–Crippen LogP) is 3.64. The second-order valence-corrected chi connectivity index (χ2v) is 7.71. The summed E-state index contributed by atoms with van der Waals surface area (Å²) < 4.78 is 0. The summed E-state index contributed by atoms with van der Waals surface area (Å²) in [7, 11) is 4.14. The minimum absolute atomic E-state index is 0.111. The lowest BCUT2D eigenvalue weighted by atomic mass is 9.91. The summed E-state index contributed by atoms with van der Waals surface area (Å²) in [5.41, 5.74) is 1.35. The first kappa shape index (κ1) is 16.4. The maximum absolute atomic E-state index is 4.88. The molecule has 0 saturated carbocycles. The molecule has 0 atom stereocenters. The summed E-state index contributed by atoms with van der Waals surface area (Å²) in [6.07, 6.45) is 1.21. The van der Waals surface area contributed by atoms with Crippen molar-refractivity contribution in [3.63, 3.8) is 0 Å². The molecule has 0 saturated heterocycles. The number of thiazole rings is 1. The van der Waals surface area contributed by atoms with Crippen molar-refractivity contribution in [1.29, 1.82) is 0 Å². The Balaban J connectivity index is 2.91. The van der Waals surface area contributed by atoms with Gasteiger partial charge in [-0.15, -0.1) is 11.3 Å². The van der Waals surface area contributed by atoms with E-state index in [1.165, 1.54) is 17.0 Å². The smallest absolute Gasteiger partial charge is 0.185 e. The molecule has 0 spiro atoms. The van der Waals surface area contributed by atoms with Crippen molar-refractivity contribution in [2.24, 2.45) is 5.92 Å². The first-order chi connectivity index (χ1) is 8.75. The number of rotatable bonds is 6. The molecular formula is C15H29N3S. The van der Waals surface area contributed by atoms with Gasteiger partial charge in [-0.3, -0.25) is 0 Å². The molecule has 1 aromatic heterocycles. The zero-order valence-electron chi connectivity index (χ0n) is 13.5. The molecule has 0 aliphatic carbocycles. The monoisotopic (exact) mass is 283 g/mol. The van der Waals surface area contributed by atoms with Crippen molar-refractivity contribution >= 4 is 16.5 Å². The van der Waals surface area contributed by atoms with Gasteiger partial charge in [0.25, 0.3) is 0 Å². The topological polar surface area (TPSA) is 28.2 Å². The van der Waals surface area contributed by atoms with Gasteiger partial charge >= 0.3 is 0 Å². The van der Waals surface area contributed by atoms with Crippen LogP contribution >= 0.6 is 11.3 Å². The second kappa shape index (κ2) is 6.71. The number of aromatic nitrogens is 1. The van der Waals surface area contributed by atoms with E-state index in [2.05, 4.69) is 51.9 Å². The Morgan fingerprint density at radius 2 is 1.95 bits per heavy atom. The third-order valence-corrected chi connectivity index (χ3v) is 4.27. The molecule has 1 aromatic rings. The first-order valence-electron chi connectivity index (χ1n) is 7.11. The molecule has 1 rings (SSSR count). The first-order valence-corrected chi connectivity index (χ1v) is 7.93. The van der Waals surface area contributed by atoms with E-state index in [1.807, 2.05) is 18.4 Å². The van der Waals surface area contributed by atoms with Crippen LogP contribution in [0.15, 0.2) is 0 Å². The molecule has 1 heterocycles. The molecule has 0 aliphatic heterocycles. The van der Waals surface area contributed by atoms with Gasteiger partial charge in [0.1, 0.15) is 0 Å². The third kappa shape index (κ3) is 4.77. The molecule has 110 valence electrons. The van der Waals surface area contributed by atoms with Crippen LogP contribution in [0.1, 0.15) is 51.6 Å². The van der Waals surface area contributed by atoms with E-state index in [4.69, 9.17) is 4.98 Å². The molecule has 0 aromatic carbocycles. The molecule has 3 nitrogen and oxygen atoms in total. The predicted molar refractivity (Wildman–Crippen MR) is 86.3 cm³/mol. The lowest BCUT2D eigenvalue weighted by molar-refractivity contribution is 0.560. The van der Waals surface area contributed by atoms with E-state index < -0.39 is 0 Å². The van der Waals surface area contributed by atoms with Crippen LogP contribution in [0.5, 0.6) is 0 Å². The quantitative estimate of drug-likeness (QED) is 0.864. The summed E-state index contributed by atoms with van der Waals surface area (Å²) >= 11 is 1.82. The molecule has 0 radical (unpaired) electrons. The van der Waals surface area contributed by atoms with Gasteiger partial charge in [0, 0.05) is 30.4 Å². The minimum atomic E-state index is 0.111. The van der Waals surface area contributed by atoms with Gasteiger partial charge < -0.3 is 10.2 Å². The Kier molecular flexibility index (Phi) is 5.81. The maximum atomic E-state index is 4.88. The van der Waals surface area contributed by atoms with Crippen molar-refractivity contribution in [3.8, 4) is 0 Å². The molecule has 0 aliphatic rings.